The van der Waals surface area contributed by atoms with E-state index in [1.165, 1.54) is 43.4 Å². The van der Waals surface area contributed by atoms with E-state index in [0.29, 0.717) is 0 Å². The molecule has 222 valence electrons. The average molecular weight is 620 g/mol. The Bertz CT molecular complexity index is 2280. The lowest BCUT2D eigenvalue weighted by atomic mass is 9.98. The van der Waals surface area contributed by atoms with Crippen LogP contribution < -0.4 is 4.90 Å². The van der Waals surface area contributed by atoms with Crippen molar-refractivity contribution < 1.29 is 0 Å². The van der Waals surface area contributed by atoms with Crippen LogP contribution in [0.5, 0.6) is 0 Å². The van der Waals surface area contributed by atoms with Gasteiger partial charge in [0.15, 0.2) is 0 Å². The van der Waals surface area contributed by atoms with Crippen LogP contribution >= 0.6 is 11.8 Å². The van der Waals surface area contributed by atoms with Gasteiger partial charge in [-0.05, 0) is 70.8 Å². The lowest BCUT2D eigenvalue weighted by molar-refractivity contribution is 1.11. The van der Waals surface area contributed by atoms with Crippen molar-refractivity contribution in [1.82, 2.24) is 9.97 Å². The molecule has 0 saturated heterocycles. The molecular weight excluding hydrogens is 591 g/mol. The molecular formula is C43H29N3S. The summed E-state index contributed by atoms with van der Waals surface area (Å²) in [4.78, 5) is 15.0. The van der Waals surface area contributed by atoms with E-state index in [0.717, 1.165) is 44.3 Å². The summed E-state index contributed by atoms with van der Waals surface area (Å²) in [5, 5.41) is 2.32. The topological polar surface area (TPSA) is 29.0 Å². The van der Waals surface area contributed by atoms with Gasteiger partial charge in [-0.2, -0.15) is 0 Å². The zero-order valence-electron chi connectivity index (χ0n) is 25.8. The third-order valence-corrected chi connectivity index (χ3v) is 10.1. The second kappa shape index (κ2) is 11.3. The molecule has 8 aromatic rings. The summed E-state index contributed by atoms with van der Waals surface area (Å²) in [6, 6.07) is 55.9. The molecule has 3 nitrogen and oxygen atoms in total. The van der Waals surface area contributed by atoms with Crippen LogP contribution in [0.4, 0.5) is 11.4 Å². The third kappa shape index (κ3) is 4.86. The quantitative estimate of drug-likeness (QED) is 0.196. The van der Waals surface area contributed by atoms with Gasteiger partial charge in [-0.25, -0.2) is 9.97 Å². The normalized spacial score (nSPS) is 12.2. The lowest BCUT2D eigenvalue weighted by Gasteiger charge is -2.30. The minimum Gasteiger partial charge on any atom is -0.343 e. The molecule has 0 bridgehead atoms. The van der Waals surface area contributed by atoms with Gasteiger partial charge in [0.1, 0.15) is 0 Å². The van der Waals surface area contributed by atoms with Crippen molar-refractivity contribution in [2.24, 2.45) is 0 Å². The summed E-state index contributed by atoms with van der Waals surface area (Å²) < 4.78 is 0. The second-order valence-electron chi connectivity index (χ2n) is 11.9. The Balaban J connectivity index is 1.12. The lowest BCUT2D eigenvalue weighted by Crippen LogP contribution is -2.14. The number of hydrogen-bond acceptors (Lipinski definition) is 4. The maximum Gasteiger partial charge on any atom is 0.0716 e. The maximum atomic E-state index is 5.12. The van der Waals surface area contributed by atoms with Gasteiger partial charge >= 0.3 is 0 Å². The Morgan fingerprint density at radius 3 is 1.32 bits per heavy atom. The van der Waals surface area contributed by atoms with E-state index in [9.17, 15) is 0 Å². The molecule has 0 saturated carbocycles. The summed E-state index contributed by atoms with van der Waals surface area (Å²) >= 11 is 1.82. The molecule has 9 rings (SSSR count). The monoisotopic (exact) mass is 619 g/mol. The van der Waals surface area contributed by atoms with Gasteiger partial charge in [-0.15, -0.1) is 0 Å². The molecule has 3 heterocycles. The molecule has 0 N–H and O–H groups in total. The summed E-state index contributed by atoms with van der Waals surface area (Å²) in [5.74, 6) is 0. The van der Waals surface area contributed by atoms with Crippen LogP contribution in [0.3, 0.4) is 0 Å². The minimum absolute atomic E-state index is 0.974. The highest BCUT2D eigenvalue weighted by Gasteiger charge is 2.23. The van der Waals surface area contributed by atoms with Crippen molar-refractivity contribution in [1.29, 1.82) is 0 Å². The molecule has 1 aliphatic rings. The van der Waals surface area contributed by atoms with Crippen molar-refractivity contribution >= 4 is 44.9 Å². The molecule has 0 radical (unpaired) electrons. The summed E-state index contributed by atoms with van der Waals surface area (Å²) in [6.45, 7) is 0. The van der Waals surface area contributed by atoms with Crippen molar-refractivity contribution in [3.8, 4) is 44.8 Å². The Hall–Kier alpha value is -5.71. The summed E-state index contributed by atoms with van der Waals surface area (Å²) in [6.07, 6.45) is 0. The van der Waals surface area contributed by atoms with Gasteiger partial charge < -0.3 is 4.90 Å². The number of aromatic nitrogens is 2. The molecule has 0 spiro atoms. The van der Waals surface area contributed by atoms with Crippen LogP contribution in [0.25, 0.3) is 66.6 Å². The van der Waals surface area contributed by atoms with Crippen LogP contribution in [0.1, 0.15) is 0 Å². The fraction of sp³-hybridized carbons (Fsp3) is 0.0233. The Labute approximate surface area is 278 Å². The predicted molar refractivity (Wildman–Crippen MR) is 197 cm³/mol. The van der Waals surface area contributed by atoms with Gasteiger partial charge in [0.2, 0.25) is 0 Å². The van der Waals surface area contributed by atoms with E-state index in [4.69, 9.17) is 9.97 Å². The third-order valence-electron chi connectivity index (χ3n) is 9.06. The molecule has 4 heteroatoms. The number of hydrogen-bond donors (Lipinski definition) is 0. The first-order valence-electron chi connectivity index (χ1n) is 15.8. The number of rotatable bonds is 4. The number of fused-ring (bicyclic) bond motifs is 4. The number of pyridine rings is 2. The SMILES string of the molecule is CN1c2ccc(-c3cc(-c4ccccc4)c4ccccc4n3)cc2Sc2cc(-c3cc(-c4ccccc4)c4ccccc4n3)ccc21. The minimum atomic E-state index is 0.974. The fourth-order valence-corrected chi connectivity index (χ4v) is 7.90. The van der Waals surface area contributed by atoms with Crippen LogP contribution in [-0.2, 0) is 0 Å². The van der Waals surface area contributed by atoms with Gasteiger partial charge in [0, 0.05) is 38.7 Å². The average Bonchev–Trinajstić information content (AvgIpc) is 3.14. The molecule has 2 aromatic heterocycles. The zero-order valence-corrected chi connectivity index (χ0v) is 26.6. The molecule has 1 aliphatic heterocycles. The Morgan fingerprint density at radius 2 is 0.851 bits per heavy atom. The van der Waals surface area contributed by atoms with Crippen molar-refractivity contribution in [3.05, 3.63) is 158 Å². The Morgan fingerprint density at radius 1 is 0.426 bits per heavy atom. The first-order chi connectivity index (χ1) is 23.2. The first-order valence-corrected chi connectivity index (χ1v) is 16.6. The van der Waals surface area contributed by atoms with Gasteiger partial charge in [0.05, 0.1) is 33.8 Å². The maximum absolute atomic E-state index is 5.12. The largest absolute Gasteiger partial charge is 0.343 e. The second-order valence-corrected chi connectivity index (χ2v) is 13.0. The molecule has 0 atom stereocenters. The van der Waals surface area contributed by atoms with E-state index in [-0.39, 0.29) is 0 Å². The van der Waals surface area contributed by atoms with Crippen molar-refractivity contribution in [2.45, 2.75) is 9.79 Å². The fourth-order valence-electron chi connectivity index (χ4n) is 6.67. The standard InChI is InChI=1S/C43H29N3S/c1-46-40-22-20-30(38-26-34(28-12-4-2-5-13-28)32-16-8-10-18-36(32)44-38)24-42(40)47-43-25-31(21-23-41(43)46)39-27-35(29-14-6-3-7-15-29)33-17-9-11-19-37(33)45-39/h2-27H,1H3. The molecule has 0 aliphatic carbocycles. The smallest absolute Gasteiger partial charge is 0.0716 e. The molecule has 47 heavy (non-hydrogen) atoms. The summed E-state index contributed by atoms with van der Waals surface area (Å²) in [7, 11) is 2.15. The van der Waals surface area contributed by atoms with E-state index in [2.05, 4.69) is 170 Å². The van der Waals surface area contributed by atoms with Crippen molar-refractivity contribution in [2.75, 3.05) is 11.9 Å². The van der Waals surface area contributed by atoms with Gasteiger partial charge in [-0.1, -0.05) is 121 Å². The van der Waals surface area contributed by atoms with Crippen LogP contribution in [0.2, 0.25) is 0 Å². The highest BCUT2D eigenvalue weighted by atomic mass is 32.2. The Kier molecular flexibility index (Phi) is 6.61. The predicted octanol–water partition coefficient (Wildman–Crippen LogP) is 11.7. The number of para-hydroxylation sites is 2. The number of anilines is 2. The van der Waals surface area contributed by atoms with Gasteiger partial charge in [-0.3, -0.25) is 0 Å². The number of benzene rings is 6. The number of nitrogens with zero attached hydrogens (tertiary/aromatic N) is 3. The highest BCUT2D eigenvalue weighted by Crippen LogP contribution is 2.50. The molecule has 0 unspecified atom stereocenters. The molecule has 0 fully saturated rings. The zero-order chi connectivity index (χ0) is 31.3. The van der Waals surface area contributed by atoms with E-state index in [1.54, 1.807) is 0 Å². The molecule has 6 aromatic carbocycles. The van der Waals surface area contributed by atoms with Crippen molar-refractivity contribution in [3.63, 3.8) is 0 Å². The van der Waals surface area contributed by atoms with E-state index >= 15 is 0 Å². The van der Waals surface area contributed by atoms with Crippen LogP contribution in [0.15, 0.2) is 168 Å². The molecule has 0 amide bonds. The van der Waals surface area contributed by atoms with Gasteiger partial charge in [0.25, 0.3) is 0 Å². The van der Waals surface area contributed by atoms with E-state index in [1.807, 2.05) is 11.8 Å². The van der Waals surface area contributed by atoms with Crippen LogP contribution in [-0.4, -0.2) is 17.0 Å². The first kappa shape index (κ1) is 27.6. The highest BCUT2D eigenvalue weighted by molar-refractivity contribution is 7.99. The van der Waals surface area contributed by atoms with Crippen LogP contribution in [0, 0.1) is 0 Å². The van der Waals surface area contributed by atoms with E-state index < -0.39 is 0 Å². The summed E-state index contributed by atoms with van der Waals surface area (Å²) in [5.41, 5.74) is 13.3.